The van der Waals surface area contributed by atoms with Gasteiger partial charge in [0.25, 0.3) is 0 Å². The molecular weight excluding hydrogens is 460 g/mol. The number of benzene rings is 1. The normalized spacial score (nSPS) is 11.6. The Kier molecular flexibility index (Phi) is 9.71. The zero-order valence-electron chi connectivity index (χ0n) is 16.5. The number of halogens is 2. The quantitative estimate of drug-likeness (QED) is 0.354. The molecule has 8 heteroatoms. The molecule has 0 saturated heterocycles. The average Bonchev–Trinajstić information content (AvgIpc) is 3.06. The highest BCUT2D eigenvalue weighted by Gasteiger charge is 2.09. The van der Waals surface area contributed by atoms with Gasteiger partial charge in [-0.25, -0.2) is 4.39 Å². The molecule has 1 aromatic carbocycles. The topological polar surface area (TPSA) is 65.7 Å². The number of hydrogen-bond donors (Lipinski definition) is 2. The van der Waals surface area contributed by atoms with Crippen molar-refractivity contribution in [3.8, 4) is 0 Å². The van der Waals surface area contributed by atoms with Gasteiger partial charge in [0.2, 0.25) is 0 Å². The first-order chi connectivity index (χ1) is 12.4. The van der Waals surface area contributed by atoms with Crippen molar-refractivity contribution in [3.63, 3.8) is 0 Å². The van der Waals surface area contributed by atoms with Crippen molar-refractivity contribution < 1.29 is 8.91 Å². The van der Waals surface area contributed by atoms with Gasteiger partial charge < -0.3 is 20.1 Å². The number of aromatic nitrogens is 1. The van der Waals surface area contributed by atoms with Gasteiger partial charge in [0.15, 0.2) is 11.7 Å². The maximum Gasteiger partial charge on any atom is 0.191 e. The van der Waals surface area contributed by atoms with Crippen LogP contribution in [0.15, 0.2) is 33.8 Å². The van der Waals surface area contributed by atoms with Gasteiger partial charge in [0.1, 0.15) is 5.82 Å². The SMILES string of the molecule is CN=C(NCc1ccc(F)c(CN(C)C)c1)NCc1cc(C(C)C)no1.I. The van der Waals surface area contributed by atoms with Crippen molar-refractivity contribution in [2.45, 2.75) is 39.4 Å². The second-order valence-electron chi connectivity index (χ2n) is 6.82. The summed E-state index contributed by atoms with van der Waals surface area (Å²) in [5.41, 5.74) is 2.61. The number of aliphatic imine (C=N–C) groups is 1. The van der Waals surface area contributed by atoms with Gasteiger partial charge in [-0.2, -0.15) is 0 Å². The van der Waals surface area contributed by atoms with E-state index in [0.717, 1.165) is 17.0 Å². The lowest BCUT2D eigenvalue weighted by Crippen LogP contribution is -2.36. The van der Waals surface area contributed by atoms with Crippen molar-refractivity contribution in [2.24, 2.45) is 4.99 Å². The van der Waals surface area contributed by atoms with Crippen LogP contribution >= 0.6 is 24.0 Å². The minimum absolute atomic E-state index is 0. The summed E-state index contributed by atoms with van der Waals surface area (Å²) in [6.45, 7) is 5.75. The van der Waals surface area contributed by atoms with E-state index in [2.05, 4.69) is 34.6 Å². The van der Waals surface area contributed by atoms with Crippen LogP contribution in [0, 0.1) is 5.82 Å². The molecule has 2 aromatic rings. The molecule has 1 aromatic heterocycles. The molecule has 0 atom stereocenters. The lowest BCUT2D eigenvalue weighted by atomic mass is 10.1. The minimum atomic E-state index is -0.184. The summed E-state index contributed by atoms with van der Waals surface area (Å²) in [5, 5.41) is 10.5. The maximum absolute atomic E-state index is 13.9. The highest BCUT2D eigenvalue weighted by Crippen LogP contribution is 2.14. The molecule has 0 aliphatic carbocycles. The molecule has 0 aliphatic heterocycles. The Morgan fingerprint density at radius 1 is 1.22 bits per heavy atom. The molecule has 0 fully saturated rings. The van der Waals surface area contributed by atoms with Gasteiger partial charge in [-0.3, -0.25) is 4.99 Å². The summed E-state index contributed by atoms with van der Waals surface area (Å²) in [6, 6.07) is 7.10. The Labute approximate surface area is 177 Å². The number of rotatable bonds is 7. The van der Waals surface area contributed by atoms with Gasteiger partial charge in [-0.1, -0.05) is 25.1 Å². The van der Waals surface area contributed by atoms with E-state index in [9.17, 15) is 4.39 Å². The van der Waals surface area contributed by atoms with E-state index in [1.165, 1.54) is 6.07 Å². The smallest absolute Gasteiger partial charge is 0.191 e. The van der Waals surface area contributed by atoms with Gasteiger partial charge >= 0.3 is 0 Å². The number of nitrogens with zero attached hydrogens (tertiary/aromatic N) is 3. The second-order valence-corrected chi connectivity index (χ2v) is 6.82. The predicted octanol–water partition coefficient (Wildman–Crippen LogP) is 3.48. The predicted molar refractivity (Wildman–Crippen MR) is 117 cm³/mol. The molecule has 6 nitrogen and oxygen atoms in total. The summed E-state index contributed by atoms with van der Waals surface area (Å²) in [7, 11) is 5.55. The van der Waals surface area contributed by atoms with Crippen LogP contribution in [-0.2, 0) is 19.6 Å². The van der Waals surface area contributed by atoms with E-state index >= 15 is 0 Å². The first-order valence-electron chi connectivity index (χ1n) is 8.71. The molecule has 1 heterocycles. The summed E-state index contributed by atoms with van der Waals surface area (Å²) in [4.78, 5) is 6.14. The van der Waals surface area contributed by atoms with E-state index < -0.39 is 0 Å². The van der Waals surface area contributed by atoms with E-state index in [4.69, 9.17) is 4.52 Å². The van der Waals surface area contributed by atoms with E-state index in [1.54, 1.807) is 13.1 Å². The van der Waals surface area contributed by atoms with Crippen LogP contribution in [0.5, 0.6) is 0 Å². The number of nitrogens with one attached hydrogen (secondary N) is 2. The molecular formula is C19H29FIN5O. The minimum Gasteiger partial charge on any atom is -0.359 e. The lowest BCUT2D eigenvalue weighted by molar-refractivity contribution is 0.372. The van der Waals surface area contributed by atoms with Gasteiger partial charge in [0, 0.05) is 31.8 Å². The molecule has 0 amide bonds. The van der Waals surface area contributed by atoms with Crippen molar-refractivity contribution in [2.75, 3.05) is 21.1 Å². The van der Waals surface area contributed by atoms with E-state index in [-0.39, 0.29) is 29.8 Å². The van der Waals surface area contributed by atoms with Crippen molar-refractivity contribution in [1.82, 2.24) is 20.7 Å². The zero-order chi connectivity index (χ0) is 19.1. The summed E-state index contributed by atoms with van der Waals surface area (Å²) in [6.07, 6.45) is 0. The van der Waals surface area contributed by atoms with Crippen LogP contribution in [0.2, 0.25) is 0 Å². The Balaban J connectivity index is 0.00000364. The molecule has 27 heavy (non-hydrogen) atoms. The average molecular weight is 489 g/mol. The largest absolute Gasteiger partial charge is 0.359 e. The third kappa shape index (κ3) is 7.45. The Bertz CT molecular complexity index is 745. The first kappa shape index (κ1) is 23.4. The molecule has 0 aliphatic rings. The van der Waals surface area contributed by atoms with Gasteiger partial charge in [-0.15, -0.1) is 24.0 Å². The highest BCUT2D eigenvalue weighted by molar-refractivity contribution is 14.0. The van der Waals surface area contributed by atoms with Crippen LogP contribution in [0.3, 0.4) is 0 Å². The number of hydrogen-bond acceptors (Lipinski definition) is 4. The molecule has 0 spiro atoms. The standard InChI is InChI=1S/C19H28FN5O.HI/c1-13(2)18-9-16(26-24-18)11-23-19(21-3)22-10-14-6-7-17(20)15(8-14)12-25(4)5;/h6-9,13H,10-12H2,1-5H3,(H2,21,22,23);1H. The van der Waals surface area contributed by atoms with Gasteiger partial charge in [-0.05, 0) is 37.7 Å². The second kappa shape index (κ2) is 11.2. The van der Waals surface area contributed by atoms with Gasteiger partial charge in [0.05, 0.1) is 12.2 Å². The first-order valence-corrected chi connectivity index (χ1v) is 8.71. The van der Waals surface area contributed by atoms with E-state index in [0.29, 0.717) is 37.1 Å². The third-order valence-electron chi connectivity index (χ3n) is 3.88. The Hall–Kier alpha value is -1.68. The molecule has 0 saturated carbocycles. The van der Waals surface area contributed by atoms with Crippen LogP contribution in [-0.4, -0.2) is 37.2 Å². The Morgan fingerprint density at radius 3 is 2.52 bits per heavy atom. The third-order valence-corrected chi connectivity index (χ3v) is 3.88. The van der Waals surface area contributed by atoms with Crippen LogP contribution in [0.25, 0.3) is 0 Å². The van der Waals surface area contributed by atoms with Crippen LogP contribution in [0.4, 0.5) is 4.39 Å². The maximum atomic E-state index is 13.9. The van der Waals surface area contributed by atoms with Crippen LogP contribution < -0.4 is 10.6 Å². The fourth-order valence-corrected chi connectivity index (χ4v) is 2.46. The molecule has 0 unspecified atom stereocenters. The van der Waals surface area contributed by atoms with Crippen LogP contribution in [0.1, 0.15) is 42.3 Å². The monoisotopic (exact) mass is 489 g/mol. The highest BCUT2D eigenvalue weighted by atomic mass is 127. The van der Waals surface area contributed by atoms with Crippen molar-refractivity contribution >= 4 is 29.9 Å². The summed E-state index contributed by atoms with van der Waals surface area (Å²) >= 11 is 0. The molecule has 2 rings (SSSR count). The van der Waals surface area contributed by atoms with Crippen molar-refractivity contribution in [1.29, 1.82) is 0 Å². The van der Waals surface area contributed by atoms with Crippen molar-refractivity contribution in [3.05, 3.63) is 52.7 Å². The molecule has 0 bridgehead atoms. The number of guanidine groups is 1. The molecule has 0 radical (unpaired) electrons. The molecule has 150 valence electrons. The Morgan fingerprint density at radius 2 is 1.93 bits per heavy atom. The fraction of sp³-hybridized carbons (Fsp3) is 0.474. The van der Waals surface area contributed by atoms with E-state index in [1.807, 2.05) is 31.1 Å². The fourth-order valence-electron chi connectivity index (χ4n) is 2.46. The molecule has 2 N–H and O–H groups in total. The zero-order valence-corrected chi connectivity index (χ0v) is 18.9. The summed E-state index contributed by atoms with van der Waals surface area (Å²) < 4.78 is 19.2. The lowest BCUT2D eigenvalue weighted by Gasteiger charge is -2.14. The summed E-state index contributed by atoms with van der Waals surface area (Å²) in [5.74, 6) is 1.55.